The third-order valence-electron chi connectivity index (χ3n) is 4.78. The lowest BCUT2D eigenvalue weighted by Gasteiger charge is -2.39. The average Bonchev–Trinajstić information content (AvgIpc) is 2.95. The fourth-order valence-electron chi connectivity index (χ4n) is 3.72. The van der Waals surface area contributed by atoms with Crippen LogP contribution in [0.4, 0.5) is 8.78 Å². The van der Waals surface area contributed by atoms with Crippen LogP contribution >= 0.6 is 0 Å². The molecule has 3 N–H and O–H groups in total. The molecule has 2 aliphatic rings. The predicted octanol–water partition coefficient (Wildman–Crippen LogP) is 1.71. The number of nitrogens with zero attached hydrogens (tertiary/aromatic N) is 1. The number of aromatic nitrogens is 2. The summed E-state index contributed by atoms with van der Waals surface area (Å²) >= 11 is 0. The number of H-pyrrole nitrogens is 1. The van der Waals surface area contributed by atoms with Crippen LogP contribution in [-0.4, -0.2) is 48.2 Å². The normalized spacial score (nSPS) is 22.8. The molecule has 1 aliphatic heterocycles. The summed E-state index contributed by atoms with van der Waals surface area (Å²) in [6.45, 7) is 0.580. The van der Waals surface area contributed by atoms with Gasteiger partial charge in [0.2, 0.25) is 10.0 Å². The minimum absolute atomic E-state index is 0.0161. The molecule has 27 heavy (non-hydrogen) atoms. The molecule has 2 aromatic heterocycles. The number of allylic oxidation sites excluding steroid dienone is 1. The quantitative estimate of drug-likeness (QED) is 0.667. The van der Waals surface area contributed by atoms with Gasteiger partial charge >= 0.3 is 7.12 Å². The van der Waals surface area contributed by atoms with Crippen molar-refractivity contribution in [3.8, 4) is 5.75 Å². The van der Waals surface area contributed by atoms with Crippen LogP contribution in [0.25, 0.3) is 16.6 Å². The Hall–Kier alpha value is -1.98. The van der Waals surface area contributed by atoms with Gasteiger partial charge in [0.05, 0.1) is 6.20 Å². The second kappa shape index (κ2) is 6.28. The van der Waals surface area contributed by atoms with E-state index in [9.17, 15) is 22.2 Å². The first-order valence-corrected chi connectivity index (χ1v) is 10.2. The van der Waals surface area contributed by atoms with E-state index in [2.05, 4.69) is 14.7 Å². The molecular formula is C16H18BF2N3O4S. The van der Waals surface area contributed by atoms with E-state index in [0.29, 0.717) is 31.2 Å². The van der Waals surface area contributed by atoms with E-state index in [1.807, 2.05) is 6.07 Å². The van der Waals surface area contributed by atoms with Gasteiger partial charge in [-0.15, -0.1) is 0 Å². The van der Waals surface area contributed by atoms with Crippen molar-refractivity contribution in [2.75, 3.05) is 5.75 Å². The number of sulfonamides is 1. The maximum absolute atomic E-state index is 13.0. The van der Waals surface area contributed by atoms with Crippen LogP contribution in [0.2, 0.25) is 0 Å². The van der Waals surface area contributed by atoms with Crippen molar-refractivity contribution in [1.82, 2.24) is 14.7 Å². The lowest BCUT2D eigenvalue weighted by atomic mass is 9.68. The Morgan fingerprint density at radius 1 is 1.48 bits per heavy atom. The van der Waals surface area contributed by atoms with Gasteiger partial charge in [0, 0.05) is 30.1 Å². The average molecular weight is 397 g/mol. The fourth-order valence-corrected chi connectivity index (χ4v) is 5.17. The molecule has 0 amide bonds. The Morgan fingerprint density at radius 3 is 2.93 bits per heavy atom. The lowest BCUT2D eigenvalue weighted by Crippen LogP contribution is -2.47. The molecule has 3 heterocycles. The number of fused-ring (bicyclic) bond motifs is 3. The van der Waals surface area contributed by atoms with E-state index in [4.69, 9.17) is 4.65 Å². The molecule has 0 aromatic carbocycles. The maximum atomic E-state index is 13.0. The molecule has 11 heteroatoms. The molecule has 0 atom stereocenters. The first kappa shape index (κ1) is 18.4. The summed E-state index contributed by atoms with van der Waals surface area (Å²) in [6.07, 6.45) is 4.21. The molecule has 0 spiro atoms. The summed E-state index contributed by atoms with van der Waals surface area (Å²) in [5.41, 5.74) is 2.35. The Kier molecular flexibility index (Phi) is 4.28. The zero-order valence-corrected chi connectivity index (χ0v) is 15.3. The van der Waals surface area contributed by atoms with E-state index < -0.39 is 34.9 Å². The molecule has 0 radical (unpaired) electrons. The molecular weight excluding hydrogens is 379 g/mol. The van der Waals surface area contributed by atoms with Crippen LogP contribution in [0, 0.1) is 5.92 Å². The lowest BCUT2D eigenvalue weighted by molar-refractivity contribution is 0.0469. The zero-order chi connectivity index (χ0) is 19.4. The SMILES string of the molecule is CC(F)(F)CS(=O)(=O)N[C@H]1C[C@@H](C2=CB(O)Oc3cnc4[nH]ccc4c32)C1. The fraction of sp³-hybridized carbons (Fsp3) is 0.438. The number of hydrogen-bond acceptors (Lipinski definition) is 5. The first-order valence-electron chi connectivity index (χ1n) is 8.52. The van der Waals surface area contributed by atoms with Crippen LogP contribution in [0.15, 0.2) is 24.4 Å². The van der Waals surface area contributed by atoms with E-state index in [-0.39, 0.29) is 5.92 Å². The van der Waals surface area contributed by atoms with Crippen molar-refractivity contribution in [3.63, 3.8) is 0 Å². The summed E-state index contributed by atoms with van der Waals surface area (Å²) < 4.78 is 57.5. The summed E-state index contributed by atoms with van der Waals surface area (Å²) in [4.78, 5) is 7.26. The largest absolute Gasteiger partial charge is 0.552 e. The van der Waals surface area contributed by atoms with Gasteiger partial charge in [0.15, 0.2) is 0 Å². The molecule has 144 valence electrons. The van der Waals surface area contributed by atoms with E-state index in [1.54, 1.807) is 12.2 Å². The molecule has 1 saturated carbocycles. The van der Waals surface area contributed by atoms with Gasteiger partial charge in [-0.05, 0) is 36.4 Å². The number of nitrogens with one attached hydrogen (secondary N) is 2. The highest BCUT2D eigenvalue weighted by Gasteiger charge is 2.40. The summed E-state index contributed by atoms with van der Waals surface area (Å²) in [5.74, 6) is -2.47. The van der Waals surface area contributed by atoms with Crippen molar-refractivity contribution in [2.45, 2.75) is 31.7 Å². The second-order valence-electron chi connectivity index (χ2n) is 7.18. The standard InChI is InChI=1S/C16H18BF2N3O4S/c1-16(18,19)8-27(24,25)22-10-4-9(5-10)12-6-17(23)26-13-7-21-15-11(14(12)13)2-3-20-15/h2-3,6-7,9-10,22-23H,4-5,8H2,1H3,(H,20,21)/t9-,10+. The van der Waals surface area contributed by atoms with Gasteiger partial charge in [-0.25, -0.2) is 26.9 Å². The third kappa shape index (κ3) is 3.71. The maximum Gasteiger partial charge on any atom is 0.552 e. The molecule has 4 rings (SSSR count). The Labute approximate surface area is 155 Å². The molecule has 1 fully saturated rings. The monoisotopic (exact) mass is 397 g/mol. The third-order valence-corrected chi connectivity index (χ3v) is 6.36. The summed E-state index contributed by atoms with van der Waals surface area (Å²) in [6, 6.07) is 1.45. The van der Waals surface area contributed by atoms with Crippen molar-refractivity contribution in [3.05, 3.63) is 30.0 Å². The molecule has 0 unspecified atom stereocenters. The summed E-state index contributed by atoms with van der Waals surface area (Å²) in [7, 11) is -5.17. The Balaban J connectivity index is 1.52. The summed E-state index contributed by atoms with van der Waals surface area (Å²) in [5, 5.41) is 10.8. The Bertz CT molecular complexity index is 1010. The van der Waals surface area contributed by atoms with Crippen LogP contribution in [0.3, 0.4) is 0 Å². The highest BCUT2D eigenvalue weighted by Crippen LogP contribution is 2.46. The van der Waals surface area contributed by atoms with E-state index >= 15 is 0 Å². The van der Waals surface area contributed by atoms with Crippen molar-refractivity contribution in [2.24, 2.45) is 5.92 Å². The van der Waals surface area contributed by atoms with E-state index in [0.717, 1.165) is 16.5 Å². The molecule has 2 aromatic rings. The van der Waals surface area contributed by atoms with Crippen LogP contribution < -0.4 is 9.38 Å². The minimum Gasteiger partial charge on any atom is -0.531 e. The topological polar surface area (TPSA) is 104 Å². The number of halogens is 2. The van der Waals surface area contributed by atoms with Gasteiger partial charge in [-0.3, -0.25) is 0 Å². The number of rotatable bonds is 5. The number of aromatic amines is 1. The molecule has 0 bridgehead atoms. The van der Waals surface area contributed by atoms with Crippen molar-refractivity contribution in [1.29, 1.82) is 0 Å². The highest BCUT2D eigenvalue weighted by atomic mass is 32.2. The number of pyridine rings is 1. The Morgan fingerprint density at radius 2 is 2.22 bits per heavy atom. The van der Waals surface area contributed by atoms with E-state index in [1.165, 1.54) is 6.20 Å². The number of hydrogen-bond donors (Lipinski definition) is 3. The molecule has 7 nitrogen and oxygen atoms in total. The minimum atomic E-state index is -4.06. The zero-order valence-electron chi connectivity index (χ0n) is 14.4. The molecule has 1 aliphatic carbocycles. The highest BCUT2D eigenvalue weighted by molar-refractivity contribution is 7.89. The van der Waals surface area contributed by atoms with Crippen LogP contribution in [0.1, 0.15) is 25.3 Å². The molecule has 0 saturated heterocycles. The predicted molar refractivity (Wildman–Crippen MR) is 96.7 cm³/mol. The van der Waals surface area contributed by atoms with Crippen LogP contribution in [-0.2, 0) is 10.0 Å². The first-order chi connectivity index (χ1) is 12.6. The number of alkyl halides is 2. The van der Waals surface area contributed by atoms with Crippen molar-refractivity contribution >= 4 is 33.7 Å². The van der Waals surface area contributed by atoms with Gasteiger partial charge < -0.3 is 14.7 Å². The van der Waals surface area contributed by atoms with Gasteiger partial charge in [-0.2, -0.15) is 0 Å². The van der Waals surface area contributed by atoms with Gasteiger partial charge in [-0.1, -0.05) is 0 Å². The second-order valence-corrected chi connectivity index (χ2v) is 8.93. The van der Waals surface area contributed by atoms with Crippen LogP contribution in [0.5, 0.6) is 5.75 Å². The smallest absolute Gasteiger partial charge is 0.531 e. The van der Waals surface area contributed by atoms with Gasteiger partial charge in [0.25, 0.3) is 5.92 Å². The van der Waals surface area contributed by atoms with Crippen molar-refractivity contribution < 1.29 is 26.9 Å². The van der Waals surface area contributed by atoms with Gasteiger partial charge in [0.1, 0.15) is 17.1 Å².